The molecule has 1 heterocycles. The molecular weight excluding hydrogens is 598 g/mol. The van der Waals surface area contributed by atoms with Crippen molar-refractivity contribution in [3.63, 3.8) is 0 Å². The number of hydrogen-bond acceptors (Lipinski definition) is 7. The molecule has 1 fully saturated rings. The van der Waals surface area contributed by atoms with Crippen LogP contribution in [0.2, 0.25) is 0 Å². The number of methoxy groups -OCH3 is 4. The average Bonchev–Trinajstić information content (AvgIpc) is 2.96. The van der Waals surface area contributed by atoms with Crippen molar-refractivity contribution in [3.05, 3.63) is 46.6 Å². The minimum Gasteiger partial charge on any atom is -0.493 e. The van der Waals surface area contributed by atoms with Crippen LogP contribution in [-0.2, 0) is 21.3 Å². The number of halogens is 1. The largest absolute Gasteiger partial charge is 0.493 e. The number of nitrogens with zero attached hydrogens (tertiary/aromatic N) is 1. The SMILES string of the molecule is COc1cc2cc(CN(/C(=C/Br)CCCC3CCCCO3)S(C)(=O)=O)c3cc(OC)c(OC)cc3c2cc1OC. The lowest BCUT2D eigenvalue weighted by molar-refractivity contribution is 0.0101. The molecule has 0 bridgehead atoms. The van der Waals surface area contributed by atoms with Gasteiger partial charge in [-0.3, -0.25) is 4.31 Å². The van der Waals surface area contributed by atoms with Crippen LogP contribution in [0.15, 0.2) is 41.0 Å². The van der Waals surface area contributed by atoms with Crippen molar-refractivity contribution in [2.24, 2.45) is 0 Å². The van der Waals surface area contributed by atoms with Crippen molar-refractivity contribution in [2.45, 2.75) is 51.2 Å². The van der Waals surface area contributed by atoms with Gasteiger partial charge in [-0.25, -0.2) is 8.42 Å². The van der Waals surface area contributed by atoms with Gasteiger partial charge in [-0.2, -0.15) is 0 Å². The predicted octanol–water partition coefficient (Wildman–Crippen LogP) is 6.76. The van der Waals surface area contributed by atoms with Crippen LogP contribution in [-0.4, -0.2) is 60.1 Å². The zero-order valence-corrected chi connectivity index (χ0v) is 26.2. The predicted molar refractivity (Wildman–Crippen MR) is 163 cm³/mol. The zero-order chi connectivity index (χ0) is 28.9. The molecule has 218 valence electrons. The number of rotatable bonds is 12. The van der Waals surface area contributed by atoms with Gasteiger partial charge in [0.05, 0.1) is 47.3 Å². The summed E-state index contributed by atoms with van der Waals surface area (Å²) in [5.41, 5.74) is 1.52. The molecule has 0 aromatic heterocycles. The Hall–Kier alpha value is -2.69. The maximum absolute atomic E-state index is 13.2. The topological polar surface area (TPSA) is 83.5 Å². The molecule has 0 N–H and O–H groups in total. The Morgan fingerprint density at radius 3 is 2.08 bits per heavy atom. The monoisotopic (exact) mass is 635 g/mol. The van der Waals surface area contributed by atoms with Gasteiger partial charge in [-0.15, -0.1) is 0 Å². The van der Waals surface area contributed by atoms with Crippen LogP contribution in [0.25, 0.3) is 21.5 Å². The highest BCUT2D eigenvalue weighted by molar-refractivity contribution is 9.11. The third-order valence-electron chi connectivity index (χ3n) is 7.44. The number of sulfonamides is 1. The molecule has 0 radical (unpaired) electrons. The first kappa shape index (κ1) is 30.3. The van der Waals surface area contributed by atoms with Gasteiger partial charge in [0.1, 0.15) is 0 Å². The molecular formula is C30H38BrNO7S. The summed E-state index contributed by atoms with van der Waals surface area (Å²) in [6, 6.07) is 9.66. The first-order chi connectivity index (χ1) is 19.2. The molecule has 40 heavy (non-hydrogen) atoms. The van der Waals surface area contributed by atoms with Crippen LogP contribution >= 0.6 is 15.9 Å². The number of benzene rings is 3. The smallest absolute Gasteiger partial charge is 0.232 e. The van der Waals surface area contributed by atoms with E-state index in [9.17, 15) is 8.42 Å². The molecule has 8 nitrogen and oxygen atoms in total. The Morgan fingerprint density at radius 1 is 0.925 bits per heavy atom. The lowest BCUT2D eigenvalue weighted by atomic mass is 9.95. The summed E-state index contributed by atoms with van der Waals surface area (Å²) < 4.78 is 56.0. The van der Waals surface area contributed by atoms with Gasteiger partial charge >= 0.3 is 0 Å². The van der Waals surface area contributed by atoms with E-state index in [1.807, 2.05) is 30.3 Å². The van der Waals surface area contributed by atoms with Gasteiger partial charge in [0.25, 0.3) is 0 Å². The van der Waals surface area contributed by atoms with E-state index in [1.165, 1.54) is 17.0 Å². The Labute approximate surface area is 245 Å². The fourth-order valence-corrected chi connectivity index (χ4v) is 6.93. The van der Waals surface area contributed by atoms with Crippen molar-refractivity contribution >= 4 is 47.5 Å². The average molecular weight is 637 g/mol. The van der Waals surface area contributed by atoms with Crippen LogP contribution in [0.5, 0.6) is 23.0 Å². The Morgan fingerprint density at radius 2 is 1.52 bits per heavy atom. The summed E-state index contributed by atoms with van der Waals surface area (Å²) in [6.45, 7) is 0.952. The van der Waals surface area contributed by atoms with Gasteiger partial charge in [-0.1, -0.05) is 15.9 Å². The molecule has 3 aromatic carbocycles. The highest BCUT2D eigenvalue weighted by atomic mass is 79.9. The van der Waals surface area contributed by atoms with Gasteiger partial charge in [0.15, 0.2) is 23.0 Å². The van der Waals surface area contributed by atoms with Crippen molar-refractivity contribution in [3.8, 4) is 23.0 Å². The molecule has 1 aliphatic heterocycles. The van der Waals surface area contributed by atoms with Crippen LogP contribution in [0.1, 0.15) is 44.1 Å². The quantitative estimate of drug-likeness (QED) is 0.203. The molecule has 0 aliphatic carbocycles. The summed E-state index contributed by atoms with van der Waals surface area (Å²) in [4.78, 5) is 1.72. The number of ether oxygens (including phenoxy) is 5. The fourth-order valence-electron chi connectivity index (χ4n) is 5.38. The molecule has 1 saturated heterocycles. The first-order valence-electron chi connectivity index (χ1n) is 13.4. The minimum absolute atomic E-state index is 0.145. The van der Waals surface area contributed by atoms with E-state index in [0.717, 1.165) is 59.4 Å². The van der Waals surface area contributed by atoms with Crippen molar-refractivity contribution < 1.29 is 32.1 Å². The van der Waals surface area contributed by atoms with E-state index < -0.39 is 10.0 Å². The normalized spacial score (nSPS) is 16.2. The second-order valence-electron chi connectivity index (χ2n) is 9.97. The van der Waals surface area contributed by atoms with Crippen LogP contribution in [0.4, 0.5) is 0 Å². The van der Waals surface area contributed by atoms with Crippen LogP contribution in [0, 0.1) is 0 Å². The Balaban J connectivity index is 1.80. The van der Waals surface area contributed by atoms with Crippen molar-refractivity contribution in [1.29, 1.82) is 0 Å². The number of allylic oxidation sites excluding steroid dienone is 1. The van der Waals surface area contributed by atoms with E-state index in [2.05, 4.69) is 15.9 Å². The van der Waals surface area contributed by atoms with E-state index in [1.54, 1.807) is 33.4 Å². The standard InChI is InChI=1S/C30H38BrNO7S/c1-35-27-14-20-13-21(25-16-29(37-3)30(38-4)17-26(25)24(20)15-28(27)36-2)19-32(40(5,33)34)22(18-31)9-8-11-23-10-6-7-12-39-23/h13-18,23H,6-12,19H2,1-5H3/b22-18+. The highest BCUT2D eigenvalue weighted by Crippen LogP contribution is 2.42. The zero-order valence-electron chi connectivity index (χ0n) is 23.8. The van der Waals surface area contributed by atoms with Crippen LogP contribution < -0.4 is 18.9 Å². The molecule has 0 saturated carbocycles. The molecule has 4 rings (SSSR count). The maximum Gasteiger partial charge on any atom is 0.232 e. The van der Waals surface area contributed by atoms with E-state index in [0.29, 0.717) is 35.1 Å². The van der Waals surface area contributed by atoms with Crippen LogP contribution in [0.3, 0.4) is 0 Å². The summed E-state index contributed by atoms with van der Waals surface area (Å²) in [5, 5.41) is 3.56. The summed E-state index contributed by atoms with van der Waals surface area (Å²) in [6.07, 6.45) is 7.18. The minimum atomic E-state index is -3.60. The van der Waals surface area contributed by atoms with Gasteiger partial charge < -0.3 is 23.7 Å². The molecule has 1 aliphatic rings. The van der Waals surface area contributed by atoms with Gasteiger partial charge in [0.2, 0.25) is 10.0 Å². The summed E-state index contributed by atoms with van der Waals surface area (Å²) in [5.74, 6) is 2.33. The van der Waals surface area contributed by atoms with E-state index >= 15 is 0 Å². The van der Waals surface area contributed by atoms with Gasteiger partial charge in [0, 0.05) is 17.3 Å². The Bertz CT molecular complexity index is 1480. The van der Waals surface area contributed by atoms with Crippen molar-refractivity contribution in [2.75, 3.05) is 41.3 Å². The number of hydrogen-bond donors (Lipinski definition) is 0. The second-order valence-corrected chi connectivity index (χ2v) is 12.3. The lowest BCUT2D eigenvalue weighted by Crippen LogP contribution is -2.29. The van der Waals surface area contributed by atoms with Gasteiger partial charge in [-0.05, 0) is 96.0 Å². The molecule has 0 spiro atoms. The van der Waals surface area contributed by atoms with E-state index in [4.69, 9.17) is 23.7 Å². The third kappa shape index (κ3) is 6.61. The molecule has 1 unspecified atom stereocenters. The molecule has 3 aromatic rings. The third-order valence-corrected chi connectivity index (χ3v) is 9.13. The summed E-state index contributed by atoms with van der Waals surface area (Å²) >= 11 is 3.45. The highest BCUT2D eigenvalue weighted by Gasteiger charge is 2.24. The van der Waals surface area contributed by atoms with E-state index in [-0.39, 0.29) is 12.6 Å². The fraction of sp³-hybridized carbons (Fsp3) is 0.467. The molecule has 0 amide bonds. The maximum atomic E-state index is 13.2. The Kier molecular flexibility index (Phi) is 10.1. The van der Waals surface area contributed by atoms with Crippen molar-refractivity contribution in [1.82, 2.24) is 4.31 Å². The second kappa shape index (κ2) is 13.3. The number of fused-ring (bicyclic) bond motifs is 3. The lowest BCUT2D eigenvalue weighted by Gasteiger charge is -2.27. The molecule has 10 heteroatoms. The first-order valence-corrected chi connectivity index (χ1v) is 16.1. The molecule has 1 atom stereocenters. The summed E-state index contributed by atoms with van der Waals surface area (Å²) in [7, 11) is 2.77.